The van der Waals surface area contributed by atoms with Crippen LogP contribution in [0.1, 0.15) is 21.7 Å². The van der Waals surface area contributed by atoms with Crippen molar-refractivity contribution < 1.29 is 14.1 Å². The quantitative estimate of drug-likeness (QED) is 0.371. The van der Waals surface area contributed by atoms with Crippen molar-refractivity contribution in [1.29, 1.82) is 0 Å². The van der Waals surface area contributed by atoms with Gasteiger partial charge in [0.25, 0.3) is 5.91 Å². The van der Waals surface area contributed by atoms with E-state index in [2.05, 4.69) is 10.4 Å². The molecule has 4 aromatic rings. The van der Waals surface area contributed by atoms with Gasteiger partial charge in [-0.25, -0.2) is 0 Å². The average Bonchev–Trinajstić information content (AvgIpc) is 3.45. The second kappa shape index (κ2) is 8.44. The standard InChI is InChI=1S/C22H18N4O4/c27-22(20-10-11-21(30-20)26(28)29)23-14-18-4-1-2-5-19(18)17-8-6-16(7-9-17)15-25-13-3-12-24-25/h1-13H,14-15H2,(H,23,27). The minimum Gasteiger partial charge on any atom is -0.395 e. The number of carbonyl (C=O) groups is 1. The Kier molecular flexibility index (Phi) is 5.38. The molecule has 0 atom stereocenters. The Morgan fingerprint density at radius 3 is 2.57 bits per heavy atom. The van der Waals surface area contributed by atoms with E-state index < -0.39 is 16.7 Å². The summed E-state index contributed by atoms with van der Waals surface area (Å²) in [7, 11) is 0. The SMILES string of the molecule is O=C(NCc1ccccc1-c1ccc(Cn2cccn2)cc1)c1ccc([N+](=O)[O-])o1. The molecule has 0 aliphatic rings. The molecule has 0 aliphatic heterocycles. The molecule has 8 nitrogen and oxygen atoms in total. The third-order valence-electron chi connectivity index (χ3n) is 4.62. The average molecular weight is 402 g/mol. The van der Waals surface area contributed by atoms with Crippen LogP contribution < -0.4 is 5.32 Å². The smallest absolute Gasteiger partial charge is 0.395 e. The number of benzene rings is 2. The van der Waals surface area contributed by atoms with Crippen LogP contribution >= 0.6 is 0 Å². The lowest BCUT2D eigenvalue weighted by molar-refractivity contribution is -0.402. The molecule has 0 saturated carbocycles. The van der Waals surface area contributed by atoms with E-state index in [1.807, 2.05) is 65.5 Å². The minimum atomic E-state index is -0.678. The highest BCUT2D eigenvalue weighted by Gasteiger charge is 2.17. The molecule has 150 valence electrons. The first kappa shape index (κ1) is 19.1. The molecule has 0 fully saturated rings. The molecule has 30 heavy (non-hydrogen) atoms. The molecule has 0 unspecified atom stereocenters. The molecule has 0 saturated heterocycles. The normalized spacial score (nSPS) is 10.7. The van der Waals surface area contributed by atoms with Gasteiger partial charge >= 0.3 is 5.88 Å². The Hall–Kier alpha value is -4.20. The van der Waals surface area contributed by atoms with Crippen LogP contribution in [0.2, 0.25) is 0 Å². The van der Waals surface area contributed by atoms with Crippen LogP contribution in [0.5, 0.6) is 0 Å². The van der Waals surface area contributed by atoms with Crippen LogP contribution in [-0.2, 0) is 13.1 Å². The molecular formula is C22H18N4O4. The van der Waals surface area contributed by atoms with Crippen molar-refractivity contribution in [3.05, 3.63) is 106 Å². The first-order chi connectivity index (χ1) is 14.6. The van der Waals surface area contributed by atoms with Crippen LogP contribution in [0.15, 0.2) is 83.5 Å². The zero-order chi connectivity index (χ0) is 20.9. The lowest BCUT2D eigenvalue weighted by atomic mass is 9.98. The van der Waals surface area contributed by atoms with Crippen molar-refractivity contribution in [3.63, 3.8) is 0 Å². The number of furan rings is 1. The van der Waals surface area contributed by atoms with Gasteiger partial charge in [-0.15, -0.1) is 0 Å². The van der Waals surface area contributed by atoms with Gasteiger partial charge in [0.1, 0.15) is 4.92 Å². The van der Waals surface area contributed by atoms with E-state index in [-0.39, 0.29) is 12.3 Å². The number of nitrogens with zero attached hydrogens (tertiary/aromatic N) is 3. The van der Waals surface area contributed by atoms with E-state index in [4.69, 9.17) is 4.42 Å². The Morgan fingerprint density at radius 2 is 1.87 bits per heavy atom. The number of nitro groups is 1. The van der Waals surface area contributed by atoms with Gasteiger partial charge in [-0.1, -0.05) is 48.5 Å². The van der Waals surface area contributed by atoms with Crippen LogP contribution in [-0.4, -0.2) is 20.6 Å². The third kappa shape index (κ3) is 4.27. The van der Waals surface area contributed by atoms with E-state index in [9.17, 15) is 14.9 Å². The number of hydrogen-bond donors (Lipinski definition) is 1. The molecule has 2 aromatic carbocycles. The number of carbonyl (C=O) groups excluding carboxylic acids is 1. The topological polar surface area (TPSA) is 103 Å². The zero-order valence-corrected chi connectivity index (χ0v) is 15.9. The Labute approximate surface area is 171 Å². The van der Waals surface area contributed by atoms with Crippen LogP contribution in [0, 0.1) is 10.1 Å². The van der Waals surface area contributed by atoms with Gasteiger partial charge in [-0.05, 0) is 34.4 Å². The Bertz CT molecular complexity index is 1160. The first-order valence-electron chi connectivity index (χ1n) is 9.27. The van der Waals surface area contributed by atoms with E-state index in [1.54, 1.807) is 6.20 Å². The van der Waals surface area contributed by atoms with Crippen LogP contribution in [0.25, 0.3) is 11.1 Å². The van der Waals surface area contributed by atoms with Gasteiger partial charge in [0.15, 0.2) is 5.76 Å². The van der Waals surface area contributed by atoms with Crippen molar-refractivity contribution in [2.75, 3.05) is 0 Å². The van der Waals surface area contributed by atoms with Gasteiger partial charge in [0.05, 0.1) is 12.6 Å². The number of rotatable bonds is 7. The molecule has 0 spiro atoms. The van der Waals surface area contributed by atoms with Crippen molar-refractivity contribution in [2.45, 2.75) is 13.1 Å². The van der Waals surface area contributed by atoms with Crippen molar-refractivity contribution in [3.8, 4) is 11.1 Å². The summed E-state index contributed by atoms with van der Waals surface area (Å²) in [5.74, 6) is -1.06. The fraction of sp³-hybridized carbons (Fsp3) is 0.0909. The fourth-order valence-corrected chi connectivity index (χ4v) is 3.14. The molecule has 8 heteroatoms. The maximum atomic E-state index is 12.3. The van der Waals surface area contributed by atoms with Crippen molar-refractivity contribution in [1.82, 2.24) is 15.1 Å². The maximum absolute atomic E-state index is 12.3. The number of amides is 1. The van der Waals surface area contributed by atoms with Gasteiger partial charge in [0.2, 0.25) is 0 Å². The number of hydrogen-bond acceptors (Lipinski definition) is 5. The van der Waals surface area contributed by atoms with Crippen molar-refractivity contribution in [2.24, 2.45) is 0 Å². The summed E-state index contributed by atoms with van der Waals surface area (Å²) in [4.78, 5) is 22.3. The van der Waals surface area contributed by atoms with E-state index in [1.165, 1.54) is 6.07 Å². The summed E-state index contributed by atoms with van der Waals surface area (Å²) < 4.78 is 6.81. The predicted octanol–water partition coefficient (Wildman–Crippen LogP) is 4.03. The summed E-state index contributed by atoms with van der Waals surface area (Å²) in [6.45, 7) is 0.957. The van der Waals surface area contributed by atoms with Gasteiger partial charge < -0.3 is 9.73 Å². The minimum absolute atomic E-state index is 0.0952. The van der Waals surface area contributed by atoms with Gasteiger partial charge in [-0.3, -0.25) is 19.6 Å². The maximum Gasteiger partial charge on any atom is 0.433 e. The summed E-state index contributed by atoms with van der Waals surface area (Å²) in [5.41, 5.74) is 4.07. The van der Waals surface area contributed by atoms with E-state index in [0.717, 1.165) is 28.3 Å². The Morgan fingerprint density at radius 1 is 1.07 bits per heavy atom. The van der Waals surface area contributed by atoms with E-state index in [0.29, 0.717) is 6.54 Å². The van der Waals surface area contributed by atoms with Crippen LogP contribution in [0.4, 0.5) is 5.88 Å². The third-order valence-corrected chi connectivity index (χ3v) is 4.62. The second-order valence-electron chi connectivity index (χ2n) is 6.64. The highest BCUT2D eigenvalue weighted by atomic mass is 16.6. The highest BCUT2D eigenvalue weighted by molar-refractivity contribution is 5.91. The monoisotopic (exact) mass is 402 g/mol. The van der Waals surface area contributed by atoms with E-state index >= 15 is 0 Å². The lowest BCUT2D eigenvalue weighted by Crippen LogP contribution is -2.22. The number of nitrogens with one attached hydrogen (secondary N) is 1. The first-order valence-corrected chi connectivity index (χ1v) is 9.27. The molecule has 1 amide bonds. The molecule has 0 radical (unpaired) electrons. The summed E-state index contributed by atoms with van der Waals surface area (Å²) >= 11 is 0. The zero-order valence-electron chi connectivity index (χ0n) is 15.9. The predicted molar refractivity (Wildman–Crippen MR) is 110 cm³/mol. The van der Waals surface area contributed by atoms with Crippen LogP contribution in [0.3, 0.4) is 0 Å². The van der Waals surface area contributed by atoms with Gasteiger partial charge in [-0.2, -0.15) is 5.10 Å². The number of aromatic nitrogens is 2. The Balaban J connectivity index is 1.47. The fourth-order valence-electron chi connectivity index (χ4n) is 3.14. The lowest BCUT2D eigenvalue weighted by Gasteiger charge is -2.11. The largest absolute Gasteiger partial charge is 0.433 e. The molecule has 2 aromatic heterocycles. The molecule has 0 aliphatic carbocycles. The highest BCUT2D eigenvalue weighted by Crippen LogP contribution is 2.24. The molecule has 0 bridgehead atoms. The second-order valence-corrected chi connectivity index (χ2v) is 6.64. The molecule has 4 rings (SSSR count). The molecule has 1 N–H and O–H groups in total. The summed E-state index contributed by atoms with van der Waals surface area (Å²) in [6, 6.07) is 20.3. The molecule has 2 heterocycles. The summed E-state index contributed by atoms with van der Waals surface area (Å²) in [5, 5.41) is 17.7. The van der Waals surface area contributed by atoms with Crippen molar-refractivity contribution >= 4 is 11.8 Å². The molecular weight excluding hydrogens is 384 g/mol. The van der Waals surface area contributed by atoms with Gasteiger partial charge in [0, 0.05) is 18.9 Å². The summed E-state index contributed by atoms with van der Waals surface area (Å²) in [6.07, 6.45) is 3.67.